The van der Waals surface area contributed by atoms with Crippen LogP contribution in [0.2, 0.25) is 0 Å². The van der Waals surface area contributed by atoms with Crippen molar-refractivity contribution in [2.45, 2.75) is 6.42 Å². The average Bonchev–Trinajstić information content (AvgIpc) is 3.75. The van der Waals surface area contributed by atoms with Gasteiger partial charge in [-0.05, 0) is 24.3 Å². The Labute approximate surface area is 278 Å². The van der Waals surface area contributed by atoms with Gasteiger partial charge in [-0.1, -0.05) is 0 Å². The molecule has 4 rings (SSSR count). The summed E-state index contributed by atoms with van der Waals surface area (Å²) in [7, 11) is 3.03. The van der Waals surface area contributed by atoms with Gasteiger partial charge in [0.05, 0.1) is 5.84 Å². The van der Waals surface area contributed by atoms with Crippen LogP contribution in [0.1, 0.15) is 37.8 Å². The number of aromatic nitrogens is 7. The van der Waals surface area contributed by atoms with Crippen molar-refractivity contribution in [3.8, 4) is 0 Å². The van der Waals surface area contributed by atoms with Crippen molar-refractivity contribution in [3.63, 3.8) is 0 Å². The SMILES string of the molecule is Cn1nc(NC(=O)c2cc(NC(=O)n3ncnc3NC(=O)c3ccc(N(CCCl)CCCl)cc3)nn2C)cc1C(=O)NCCC(=N)N. The van der Waals surface area contributed by atoms with Crippen LogP contribution in [0.15, 0.2) is 42.7 Å². The average molecular weight is 688 g/mol. The number of carbonyl (C=O) groups is 4. The van der Waals surface area contributed by atoms with Gasteiger partial charge in [0.25, 0.3) is 17.7 Å². The van der Waals surface area contributed by atoms with Gasteiger partial charge in [0.15, 0.2) is 11.6 Å². The fourth-order valence-corrected chi connectivity index (χ4v) is 4.68. The van der Waals surface area contributed by atoms with E-state index in [9.17, 15) is 19.2 Å². The third-order valence-corrected chi connectivity index (χ3v) is 6.89. The van der Waals surface area contributed by atoms with Crippen LogP contribution in [0.25, 0.3) is 0 Å². The molecule has 0 aliphatic heterocycles. The molecule has 0 fully saturated rings. The number of rotatable bonds is 14. The van der Waals surface area contributed by atoms with E-state index in [1.54, 1.807) is 24.3 Å². The fourth-order valence-electron chi connectivity index (χ4n) is 4.27. The van der Waals surface area contributed by atoms with Gasteiger partial charge < -0.3 is 21.3 Å². The lowest BCUT2D eigenvalue weighted by molar-refractivity contribution is 0.0943. The van der Waals surface area contributed by atoms with E-state index in [0.29, 0.717) is 30.4 Å². The van der Waals surface area contributed by atoms with E-state index in [2.05, 4.69) is 41.5 Å². The van der Waals surface area contributed by atoms with Gasteiger partial charge in [-0.3, -0.25) is 39.8 Å². The number of alkyl halides is 2. The molecule has 47 heavy (non-hydrogen) atoms. The molecule has 20 heteroatoms. The number of nitrogens with one attached hydrogen (secondary N) is 5. The summed E-state index contributed by atoms with van der Waals surface area (Å²) >= 11 is 11.8. The first-order valence-electron chi connectivity index (χ1n) is 14.0. The van der Waals surface area contributed by atoms with E-state index in [0.717, 1.165) is 16.7 Å². The number of amides is 4. The number of aryl methyl sites for hydroxylation is 2. The van der Waals surface area contributed by atoms with E-state index in [1.807, 2.05) is 4.90 Å². The van der Waals surface area contributed by atoms with Crippen molar-refractivity contribution in [2.24, 2.45) is 19.8 Å². The number of hydrogen-bond acceptors (Lipinski definition) is 10. The van der Waals surface area contributed by atoms with Crippen molar-refractivity contribution in [3.05, 3.63) is 59.7 Å². The highest BCUT2D eigenvalue weighted by molar-refractivity contribution is 6.18. The molecule has 7 N–H and O–H groups in total. The van der Waals surface area contributed by atoms with Crippen molar-refractivity contribution in [1.29, 1.82) is 5.41 Å². The first-order chi connectivity index (χ1) is 22.5. The number of anilines is 4. The highest BCUT2D eigenvalue weighted by Gasteiger charge is 2.21. The molecular weight excluding hydrogens is 655 g/mol. The second-order valence-corrected chi connectivity index (χ2v) is 10.6. The normalized spacial score (nSPS) is 10.7. The lowest BCUT2D eigenvalue weighted by atomic mass is 10.2. The number of nitrogens with two attached hydrogens (primary N) is 1. The van der Waals surface area contributed by atoms with E-state index in [-0.39, 0.29) is 47.8 Å². The molecule has 4 amide bonds. The summed E-state index contributed by atoms with van der Waals surface area (Å²) in [6, 6.07) is 8.68. The number of hydrogen-bond donors (Lipinski definition) is 6. The molecule has 0 aliphatic rings. The predicted octanol–water partition coefficient (Wildman–Crippen LogP) is 1.67. The van der Waals surface area contributed by atoms with Crippen molar-refractivity contribution < 1.29 is 19.2 Å². The zero-order chi connectivity index (χ0) is 34.1. The van der Waals surface area contributed by atoms with Gasteiger partial charge in [0.2, 0.25) is 5.95 Å². The molecule has 4 aromatic rings. The third kappa shape index (κ3) is 8.82. The molecule has 0 unspecified atom stereocenters. The maximum absolute atomic E-state index is 13.0. The van der Waals surface area contributed by atoms with Crippen molar-refractivity contribution in [2.75, 3.05) is 52.2 Å². The smallest absolute Gasteiger partial charge is 0.351 e. The Balaban J connectivity index is 1.38. The minimum atomic E-state index is -0.804. The quantitative estimate of drug-likeness (QED) is 0.0637. The van der Waals surface area contributed by atoms with E-state index in [4.69, 9.17) is 34.3 Å². The molecule has 3 heterocycles. The molecule has 0 saturated carbocycles. The summed E-state index contributed by atoms with van der Waals surface area (Å²) in [5.74, 6) is -0.856. The first kappa shape index (κ1) is 34.4. The molecule has 0 bridgehead atoms. The maximum Gasteiger partial charge on any atom is 0.351 e. The maximum atomic E-state index is 13.0. The Morgan fingerprint density at radius 2 is 1.47 bits per heavy atom. The van der Waals surface area contributed by atoms with Gasteiger partial charge in [-0.15, -0.1) is 33.0 Å². The number of carbonyl (C=O) groups excluding carboxylic acids is 4. The number of amidine groups is 1. The topological polar surface area (TPSA) is 236 Å². The lowest BCUT2D eigenvalue weighted by Gasteiger charge is -2.22. The van der Waals surface area contributed by atoms with Crippen LogP contribution in [-0.4, -0.2) is 95.3 Å². The van der Waals surface area contributed by atoms with Crippen LogP contribution in [0, 0.1) is 5.41 Å². The zero-order valence-corrected chi connectivity index (χ0v) is 26.8. The summed E-state index contributed by atoms with van der Waals surface area (Å²) < 4.78 is 3.36. The molecule has 0 spiro atoms. The minimum absolute atomic E-state index is 0.0102. The van der Waals surface area contributed by atoms with Gasteiger partial charge in [-0.2, -0.15) is 15.2 Å². The van der Waals surface area contributed by atoms with E-state index < -0.39 is 23.8 Å². The number of benzene rings is 1. The second kappa shape index (κ2) is 15.7. The molecular formula is C27H32Cl2N14O4. The van der Waals surface area contributed by atoms with Crippen molar-refractivity contribution >= 4 is 76.1 Å². The van der Waals surface area contributed by atoms with Gasteiger partial charge in [0.1, 0.15) is 17.7 Å². The zero-order valence-electron chi connectivity index (χ0n) is 25.3. The Bertz CT molecular complexity index is 1760. The van der Waals surface area contributed by atoms with Crippen LogP contribution in [0.5, 0.6) is 0 Å². The van der Waals surface area contributed by atoms with Crippen molar-refractivity contribution in [1.82, 2.24) is 39.6 Å². The van der Waals surface area contributed by atoms with E-state index in [1.165, 1.54) is 35.6 Å². The van der Waals surface area contributed by atoms with Crippen LogP contribution < -0.4 is 31.9 Å². The van der Waals surface area contributed by atoms with Gasteiger partial charge in [-0.25, -0.2) is 4.79 Å². The summed E-state index contributed by atoms with van der Waals surface area (Å²) in [6.45, 7) is 1.36. The minimum Gasteiger partial charge on any atom is -0.388 e. The Hall–Kier alpha value is -5.49. The predicted molar refractivity (Wildman–Crippen MR) is 176 cm³/mol. The highest BCUT2D eigenvalue weighted by atomic mass is 35.5. The number of nitrogens with zero attached hydrogens (tertiary/aromatic N) is 8. The molecule has 0 atom stereocenters. The monoisotopic (exact) mass is 686 g/mol. The fraction of sp³-hybridized carbons (Fsp3) is 0.296. The van der Waals surface area contributed by atoms with E-state index >= 15 is 0 Å². The van der Waals surface area contributed by atoms with Crippen LogP contribution in [-0.2, 0) is 14.1 Å². The Morgan fingerprint density at radius 3 is 2.06 bits per heavy atom. The lowest BCUT2D eigenvalue weighted by Crippen LogP contribution is -2.29. The first-order valence-corrected chi connectivity index (χ1v) is 15.1. The Kier molecular flexibility index (Phi) is 11.5. The Morgan fingerprint density at radius 1 is 0.872 bits per heavy atom. The molecule has 1 aromatic carbocycles. The standard InChI is InChI=1S/C27H32Cl2N14O4/c1-40-18(24(45)32-10-7-20(30)31)13-21(38-40)35-25(46)19-14-22(39-41(19)2)36-27(47)43-26(33-15-34-43)37-23(44)16-3-5-17(6-4-16)42(11-8-28)12-9-29/h3-6,13-15H,7-12H2,1-2H3,(H3,30,31)(H,32,45)(H,35,38,46)(H,36,39,47)(H,33,34,37,44). The molecule has 18 nitrogen and oxygen atoms in total. The molecule has 0 saturated heterocycles. The summed E-state index contributed by atoms with van der Waals surface area (Å²) in [6.07, 6.45) is 1.29. The van der Waals surface area contributed by atoms with Crippen LogP contribution in [0.3, 0.4) is 0 Å². The summed E-state index contributed by atoms with van der Waals surface area (Å²) in [5.41, 5.74) is 6.70. The molecule has 0 radical (unpaired) electrons. The largest absolute Gasteiger partial charge is 0.388 e. The van der Waals surface area contributed by atoms with Crippen LogP contribution in [0.4, 0.5) is 28.1 Å². The summed E-state index contributed by atoms with van der Waals surface area (Å²) in [5, 5.41) is 29.7. The third-order valence-electron chi connectivity index (χ3n) is 6.55. The van der Waals surface area contributed by atoms with Crippen LogP contribution >= 0.6 is 23.2 Å². The highest BCUT2D eigenvalue weighted by Crippen LogP contribution is 2.18. The second-order valence-electron chi connectivity index (χ2n) is 9.85. The molecule has 3 aromatic heterocycles. The number of halogens is 2. The molecule has 0 aliphatic carbocycles. The summed E-state index contributed by atoms with van der Waals surface area (Å²) in [4.78, 5) is 57.2. The van der Waals surface area contributed by atoms with Gasteiger partial charge in [0, 0.05) is 75.3 Å². The van der Waals surface area contributed by atoms with Gasteiger partial charge >= 0.3 is 6.03 Å². The molecule has 248 valence electrons.